The fourth-order valence-corrected chi connectivity index (χ4v) is 2.54. The number of nitrogens with zero attached hydrogens (tertiary/aromatic N) is 2. The Balaban J connectivity index is 2.20. The van der Waals surface area contributed by atoms with Gasteiger partial charge in [0.05, 0.1) is 29.7 Å². The van der Waals surface area contributed by atoms with E-state index in [1.165, 1.54) is 0 Å². The summed E-state index contributed by atoms with van der Waals surface area (Å²) >= 11 is 0. The van der Waals surface area contributed by atoms with E-state index in [0.717, 1.165) is 16.6 Å². The lowest BCUT2D eigenvalue weighted by molar-refractivity contribution is 0.134. The third-order valence-electron chi connectivity index (χ3n) is 3.49. The second-order valence-corrected chi connectivity index (χ2v) is 4.79. The maximum atomic E-state index is 12.6. The van der Waals surface area contributed by atoms with Gasteiger partial charge < -0.3 is 4.74 Å². The summed E-state index contributed by atoms with van der Waals surface area (Å²) in [6.07, 6.45) is 0. The summed E-state index contributed by atoms with van der Waals surface area (Å²) in [5.74, 6) is 0. The lowest BCUT2D eigenvalue weighted by Crippen LogP contribution is -2.24. The van der Waals surface area contributed by atoms with E-state index in [-0.39, 0.29) is 5.56 Å². The van der Waals surface area contributed by atoms with Gasteiger partial charge in [-0.1, -0.05) is 30.3 Å². The van der Waals surface area contributed by atoms with Crippen LogP contribution in [-0.4, -0.2) is 22.6 Å². The highest BCUT2D eigenvalue weighted by Gasteiger charge is 2.13. The molecule has 0 N–H and O–H groups in total. The van der Waals surface area contributed by atoms with E-state index in [1.807, 2.05) is 66.2 Å². The Morgan fingerprint density at radius 1 is 1.00 bits per heavy atom. The molecule has 4 nitrogen and oxygen atoms in total. The highest BCUT2D eigenvalue weighted by molar-refractivity contribution is 5.80. The monoisotopic (exact) mass is 282 g/mol. The highest BCUT2D eigenvalue weighted by atomic mass is 16.5. The van der Waals surface area contributed by atoms with E-state index in [1.54, 1.807) is 4.68 Å². The van der Waals surface area contributed by atoms with Crippen LogP contribution < -0.4 is 5.56 Å². The normalized spacial score (nSPS) is 11.1. The van der Waals surface area contributed by atoms with Gasteiger partial charge in [-0.05, 0) is 31.2 Å². The molecule has 1 aromatic heterocycles. The number of fused-ring (bicyclic) bond motifs is 1. The summed E-state index contributed by atoms with van der Waals surface area (Å²) in [7, 11) is 0. The number of hydrogen-bond donors (Lipinski definition) is 0. The molecule has 0 bridgehead atoms. The highest BCUT2D eigenvalue weighted by Crippen LogP contribution is 2.16. The van der Waals surface area contributed by atoms with E-state index in [4.69, 9.17) is 4.74 Å². The maximum Gasteiger partial charge on any atom is 0.274 e. The van der Waals surface area contributed by atoms with Crippen LogP contribution in [0.3, 0.4) is 0 Å². The first-order valence-corrected chi connectivity index (χ1v) is 7.16. The van der Waals surface area contributed by atoms with Gasteiger partial charge in [-0.15, -0.1) is 0 Å². The van der Waals surface area contributed by atoms with Crippen molar-refractivity contribution in [3.8, 4) is 5.69 Å². The molecule has 1 heterocycles. The second-order valence-electron chi connectivity index (χ2n) is 4.79. The van der Waals surface area contributed by atoms with Crippen molar-refractivity contribution >= 4 is 10.9 Å². The van der Waals surface area contributed by atoms with Crippen molar-refractivity contribution in [3.05, 3.63) is 65.0 Å². The Labute approximate surface area is 123 Å². The SMILES string of the molecule is CCOCCn1c(=O)c2ccccc2n1-c1ccccc1. The Hall–Kier alpha value is -2.33. The number of rotatable bonds is 5. The molecule has 108 valence electrons. The number of hydrogen-bond acceptors (Lipinski definition) is 2. The maximum absolute atomic E-state index is 12.6. The summed E-state index contributed by atoms with van der Waals surface area (Å²) in [5, 5.41) is 0.734. The lowest BCUT2D eigenvalue weighted by atomic mass is 10.2. The van der Waals surface area contributed by atoms with Gasteiger partial charge in [0.25, 0.3) is 5.56 Å². The second kappa shape index (κ2) is 5.97. The van der Waals surface area contributed by atoms with Gasteiger partial charge in [0.15, 0.2) is 0 Å². The minimum Gasteiger partial charge on any atom is -0.380 e. The molecule has 0 aliphatic carbocycles. The van der Waals surface area contributed by atoms with E-state index >= 15 is 0 Å². The predicted octanol–water partition coefficient (Wildman–Crippen LogP) is 2.83. The smallest absolute Gasteiger partial charge is 0.274 e. The molecule has 0 unspecified atom stereocenters. The topological polar surface area (TPSA) is 36.2 Å². The molecule has 4 heteroatoms. The van der Waals surface area contributed by atoms with Gasteiger partial charge >= 0.3 is 0 Å². The van der Waals surface area contributed by atoms with Crippen LogP contribution in [0.2, 0.25) is 0 Å². The van der Waals surface area contributed by atoms with E-state index in [0.29, 0.717) is 19.8 Å². The summed E-state index contributed by atoms with van der Waals surface area (Å²) in [4.78, 5) is 12.6. The van der Waals surface area contributed by atoms with E-state index in [2.05, 4.69) is 0 Å². The zero-order valence-corrected chi connectivity index (χ0v) is 12.0. The minimum atomic E-state index is 0.0224. The van der Waals surface area contributed by atoms with Crippen molar-refractivity contribution in [1.82, 2.24) is 9.36 Å². The molecule has 0 saturated carbocycles. The molecule has 3 rings (SSSR count). The largest absolute Gasteiger partial charge is 0.380 e. The first-order valence-electron chi connectivity index (χ1n) is 7.16. The molecule has 0 atom stereocenters. The quantitative estimate of drug-likeness (QED) is 0.675. The van der Waals surface area contributed by atoms with Gasteiger partial charge in [-0.3, -0.25) is 9.48 Å². The molecule has 0 aliphatic rings. The molecule has 0 fully saturated rings. The minimum absolute atomic E-state index is 0.0224. The van der Waals surface area contributed by atoms with Crippen LogP contribution >= 0.6 is 0 Å². The number of aromatic nitrogens is 2. The van der Waals surface area contributed by atoms with Crippen LogP contribution in [0.25, 0.3) is 16.6 Å². The van der Waals surface area contributed by atoms with Crippen LogP contribution in [0.15, 0.2) is 59.4 Å². The number of ether oxygens (including phenoxy) is 1. The Morgan fingerprint density at radius 2 is 1.71 bits per heavy atom. The van der Waals surface area contributed by atoms with Crippen molar-refractivity contribution in [3.63, 3.8) is 0 Å². The molecule has 0 amide bonds. The van der Waals surface area contributed by atoms with Crippen molar-refractivity contribution in [2.75, 3.05) is 13.2 Å². The van der Waals surface area contributed by atoms with Crippen LogP contribution in [0.5, 0.6) is 0 Å². The summed E-state index contributed by atoms with van der Waals surface area (Å²) in [6.45, 7) is 3.67. The Kier molecular flexibility index (Phi) is 3.88. The lowest BCUT2D eigenvalue weighted by Gasteiger charge is -2.12. The third-order valence-corrected chi connectivity index (χ3v) is 3.49. The van der Waals surface area contributed by atoms with Crippen molar-refractivity contribution in [2.45, 2.75) is 13.5 Å². The number of para-hydroxylation sites is 2. The van der Waals surface area contributed by atoms with Gasteiger partial charge in [0.1, 0.15) is 0 Å². The molecule has 0 radical (unpaired) electrons. The average Bonchev–Trinajstić information content (AvgIpc) is 2.82. The van der Waals surface area contributed by atoms with Crippen molar-refractivity contribution < 1.29 is 4.74 Å². The fraction of sp³-hybridized carbons (Fsp3) is 0.235. The molecule has 0 spiro atoms. The van der Waals surface area contributed by atoms with Crippen LogP contribution in [0.4, 0.5) is 0 Å². The third kappa shape index (κ3) is 2.50. The van der Waals surface area contributed by atoms with E-state index in [9.17, 15) is 4.79 Å². The predicted molar refractivity (Wildman–Crippen MR) is 84.0 cm³/mol. The molecule has 21 heavy (non-hydrogen) atoms. The standard InChI is InChI=1S/C17H18N2O2/c1-2-21-13-12-18-17(20)15-10-6-7-11-16(15)19(18)14-8-4-3-5-9-14/h3-11H,2,12-13H2,1H3. The van der Waals surface area contributed by atoms with E-state index < -0.39 is 0 Å². The van der Waals surface area contributed by atoms with Crippen LogP contribution in [-0.2, 0) is 11.3 Å². The van der Waals surface area contributed by atoms with Gasteiger partial charge in [-0.25, -0.2) is 4.68 Å². The molecule has 2 aromatic carbocycles. The average molecular weight is 282 g/mol. The van der Waals surface area contributed by atoms with Crippen molar-refractivity contribution in [1.29, 1.82) is 0 Å². The Bertz CT molecular complexity index is 787. The molecule has 0 aliphatic heterocycles. The zero-order chi connectivity index (χ0) is 14.7. The summed E-state index contributed by atoms with van der Waals surface area (Å²) < 4.78 is 9.12. The first-order chi connectivity index (χ1) is 10.3. The molecular weight excluding hydrogens is 264 g/mol. The van der Waals surface area contributed by atoms with Crippen LogP contribution in [0.1, 0.15) is 6.92 Å². The molecular formula is C17H18N2O2. The van der Waals surface area contributed by atoms with Gasteiger partial charge in [0.2, 0.25) is 0 Å². The zero-order valence-electron chi connectivity index (χ0n) is 12.0. The summed E-state index contributed by atoms with van der Waals surface area (Å²) in [5.41, 5.74) is 1.92. The van der Waals surface area contributed by atoms with Gasteiger partial charge in [0, 0.05) is 6.61 Å². The Morgan fingerprint density at radius 3 is 2.48 bits per heavy atom. The van der Waals surface area contributed by atoms with Gasteiger partial charge in [-0.2, -0.15) is 0 Å². The first kappa shape index (κ1) is 13.6. The molecule has 3 aromatic rings. The number of benzene rings is 2. The molecule has 0 saturated heterocycles. The summed E-state index contributed by atoms with van der Waals surface area (Å²) in [6, 6.07) is 17.6. The van der Waals surface area contributed by atoms with Crippen LogP contribution in [0, 0.1) is 0 Å². The fourth-order valence-electron chi connectivity index (χ4n) is 2.54. The van der Waals surface area contributed by atoms with Crippen molar-refractivity contribution in [2.24, 2.45) is 0 Å².